The summed E-state index contributed by atoms with van der Waals surface area (Å²) in [7, 11) is 1.58. The lowest BCUT2D eigenvalue weighted by Gasteiger charge is -2.15. The van der Waals surface area contributed by atoms with E-state index >= 15 is 0 Å². The van der Waals surface area contributed by atoms with E-state index in [1.54, 1.807) is 12.0 Å². The van der Waals surface area contributed by atoms with Crippen molar-refractivity contribution in [1.29, 1.82) is 0 Å². The topological polar surface area (TPSA) is 95.9 Å². The predicted molar refractivity (Wildman–Crippen MR) is 75.7 cm³/mol. The van der Waals surface area contributed by atoms with Crippen molar-refractivity contribution >= 4 is 17.8 Å². The van der Waals surface area contributed by atoms with Crippen LogP contribution in [-0.2, 0) is 19.1 Å². The van der Waals surface area contributed by atoms with Crippen molar-refractivity contribution in [2.75, 3.05) is 33.4 Å². The highest BCUT2D eigenvalue weighted by molar-refractivity contribution is 5.89. The van der Waals surface area contributed by atoms with E-state index in [-0.39, 0.29) is 30.6 Å². The van der Waals surface area contributed by atoms with Crippen LogP contribution >= 0.6 is 0 Å². The highest BCUT2D eigenvalue weighted by Crippen LogP contribution is 2.17. The van der Waals surface area contributed by atoms with E-state index < -0.39 is 5.97 Å². The molecule has 1 atom stereocenters. The summed E-state index contributed by atoms with van der Waals surface area (Å²) in [6.45, 7) is 1.98. The number of nitrogens with zero attached hydrogens (tertiary/aromatic N) is 1. The van der Waals surface area contributed by atoms with Gasteiger partial charge in [0.05, 0.1) is 12.5 Å². The first-order valence-electron chi connectivity index (χ1n) is 7.30. The Morgan fingerprint density at radius 1 is 1.38 bits per heavy atom. The number of methoxy groups -OCH3 is 1. The van der Waals surface area contributed by atoms with Gasteiger partial charge < -0.3 is 20.1 Å². The van der Waals surface area contributed by atoms with Crippen molar-refractivity contribution < 1.29 is 24.2 Å². The molecule has 0 aliphatic carbocycles. The van der Waals surface area contributed by atoms with Crippen LogP contribution in [0.1, 0.15) is 32.1 Å². The lowest BCUT2D eigenvalue weighted by molar-refractivity contribution is -0.137. The standard InChI is InChI=1S/C14H24N2O5/c1-21-8-7-16-10-11(9-12(16)17)14(20)15-6-4-2-3-5-13(18)19/h11H,2-10H2,1H3,(H,15,20)(H,18,19). The zero-order valence-corrected chi connectivity index (χ0v) is 12.5. The van der Waals surface area contributed by atoms with Crippen LogP contribution in [0.4, 0.5) is 0 Å². The molecule has 1 unspecified atom stereocenters. The summed E-state index contributed by atoms with van der Waals surface area (Å²) in [6, 6.07) is 0. The van der Waals surface area contributed by atoms with Crippen LogP contribution in [0.5, 0.6) is 0 Å². The van der Waals surface area contributed by atoms with Crippen molar-refractivity contribution in [2.24, 2.45) is 5.92 Å². The van der Waals surface area contributed by atoms with Crippen molar-refractivity contribution in [3.63, 3.8) is 0 Å². The summed E-state index contributed by atoms with van der Waals surface area (Å²) in [5, 5.41) is 11.3. The van der Waals surface area contributed by atoms with Crippen molar-refractivity contribution in [3.8, 4) is 0 Å². The first kappa shape index (κ1) is 17.4. The number of likely N-dealkylation sites (tertiary alicyclic amines) is 1. The second-order valence-electron chi connectivity index (χ2n) is 5.23. The number of aliphatic carboxylic acids is 1. The number of amides is 2. The molecule has 1 saturated heterocycles. The van der Waals surface area contributed by atoms with Gasteiger partial charge in [-0.05, 0) is 12.8 Å². The van der Waals surface area contributed by atoms with Gasteiger partial charge in [0, 0.05) is 39.6 Å². The first-order chi connectivity index (χ1) is 10.0. The molecule has 7 heteroatoms. The van der Waals surface area contributed by atoms with Gasteiger partial charge in [-0.3, -0.25) is 14.4 Å². The second kappa shape index (κ2) is 9.33. The molecule has 1 rings (SSSR count). The molecule has 0 radical (unpaired) electrons. The van der Waals surface area contributed by atoms with E-state index in [2.05, 4.69) is 5.32 Å². The summed E-state index contributed by atoms with van der Waals surface area (Å²) in [5.74, 6) is -1.18. The van der Waals surface area contributed by atoms with Crippen LogP contribution in [0.3, 0.4) is 0 Å². The molecule has 0 aromatic heterocycles. The van der Waals surface area contributed by atoms with Gasteiger partial charge in [0.15, 0.2) is 0 Å². The molecule has 1 aliphatic rings. The lowest BCUT2D eigenvalue weighted by Crippen LogP contribution is -2.34. The fourth-order valence-corrected chi connectivity index (χ4v) is 2.30. The lowest BCUT2D eigenvalue weighted by atomic mass is 10.1. The van der Waals surface area contributed by atoms with E-state index in [9.17, 15) is 14.4 Å². The van der Waals surface area contributed by atoms with E-state index in [0.29, 0.717) is 32.7 Å². The SMILES string of the molecule is COCCN1CC(C(=O)NCCCCCC(=O)O)CC1=O. The molecule has 0 aromatic rings. The third-order valence-corrected chi connectivity index (χ3v) is 3.52. The number of carboxylic acids is 1. The average molecular weight is 300 g/mol. The number of hydrogen-bond donors (Lipinski definition) is 2. The van der Waals surface area contributed by atoms with Crippen LogP contribution in [0.2, 0.25) is 0 Å². The minimum Gasteiger partial charge on any atom is -0.481 e. The Balaban J connectivity index is 2.15. The van der Waals surface area contributed by atoms with Gasteiger partial charge >= 0.3 is 5.97 Å². The Kier molecular flexibility index (Phi) is 7.74. The molecule has 1 heterocycles. The summed E-state index contributed by atoms with van der Waals surface area (Å²) < 4.78 is 4.93. The third kappa shape index (κ3) is 6.57. The van der Waals surface area contributed by atoms with Gasteiger partial charge in [0.2, 0.25) is 11.8 Å². The monoisotopic (exact) mass is 300 g/mol. The number of ether oxygens (including phenoxy) is 1. The smallest absolute Gasteiger partial charge is 0.303 e. The van der Waals surface area contributed by atoms with Gasteiger partial charge in [0.25, 0.3) is 0 Å². The third-order valence-electron chi connectivity index (χ3n) is 3.52. The number of carbonyl (C=O) groups excluding carboxylic acids is 2. The Bertz CT molecular complexity index is 372. The number of unbranched alkanes of at least 4 members (excludes halogenated alkanes) is 2. The van der Waals surface area contributed by atoms with Crippen LogP contribution in [0.15, 0.2) is 0 Å². The highest BCUT2D eigenvalue weighted by atomic mass is 16.5. The highest BCUT2D eigenvalue weighted by Gasteiger charge is 2.33. The van der Waals surface area contributed by atoms with Crippen LogP contribution in [0.25, 0.3) is 0 Å². The van der Waals surface area contributed by atoms with Gasteiger partial charge in [-0.2, -0.15) is 0 Å². The van der Waals surface area contributed by atoms with E-state index in [1.165, 1.54) is 0 Å². The minimum atomic E-state index is -0.792. The molecular formula is C14H24N2O5. The molecule has 21 heavy (non-hydrogen) atoms. The summed E-state index contributed by atoms with van der Waals surface area (Å²) in [4.78, 5) is 35.6. The predicted octanol–water partition coefficient (Wildman–Crippen LogP) is 0.243. The van der Waals surface area contributed by atoms with Crippen molar-refractivity contribution in [3.05, 3.63) is 0 Å². The number of nitrogens with one attached hydrogen (secondary N) is 1. The second-order valence-corrected chi connectivity index (χ2v) is 5.23. The normalized spacial score (nSPS) is 18.0. The molecule has 1 aliphatic heterocycles. The molecule has 0 bridgehead atoms. The number of rotatable bonds is 10. The summed E-state index contributed by atoms with van der Waals surface area (Å²) in [6.07, 6.45) is 2.58. The van der Waals surface area contributed by atoms with Gasteiger partial charge in [-0.25, -0.2) is 0 Å². The average Bonchev–Trinajstić information content (AvgIpc) is 2.81. The van der Waals surface area contributed by atoms with Gasteiger partial charge in [-0.1, -0.05) is 6.42 Å². The zero-order chi connectivity index (χ0) is 15.7. The molecule has 2 N–H and O–H groups in total. The molecule has 2 amide bonds. The zero-order valence-electron chi connectivity index (χ0n) is 12.5. The number of carbonyl (C=O) groups is 3. The quantitative estimate of drug-likeness (QED) is 0.564. The maximum absolute atomic E-state index is 11.9. The fourth-order valence-electron chi connectivity index (χ4n) is 2.30. The molecular weight excluding hydrogens is 276 g/mol. The summed E-state index contributed by atoms with van der Waals surface area (Å²) >= 11 is 0. The van der Waals surface area contributed by atoms with Gasteiger partial charge in [-0.15, -0.1) is 0 Å². The number of carboxylic acid groups (broad SMARTS) is 1. The largest absolute Gasteiger partial charge is 0.481 e. The molecule has 7 nitrogen and oxygen atoms in total. The van der Waals surface area contributed by atoms with Gasteiger partial charge in [0.1, 0.15) is 0 Å². The number of hydrogen-bond acceptors (Lipinski definition) is 4. The Morgan fingerprint density at radius 3 is 2.81 bits per heavy atom. The molecule has 0 saturated carbocycles. The Hall–Kier alpha value is -1.63. The van der Waals surface area contributed by atoms with Crippen molar-refractivity contribution in [2.45, 2.75) is 32.1 Å². The Labute approximate surface area is 124 Å². The van der Waals surface area contributed by atoms with Crippen LogP contribution < -0.4 is 5.32 Å². The van der Waals surface area contributed by atoms with Crippen LogP contribution in [-0.4, -0.2) is 61.1 Å². The summed E-state index contributed by atoms with van der Waals surface area (Å²) in [5.41, 5.74) is 0. The maximum atomic E-state index is 11.9. The molecule has 0 aromatic carbocycles. The van der Waals surface area contributed by atoms with E-state index in [1.807, 2.05) is 0 Å². The van der Waals surface area contributed by atoms with Crippen LogP contribution in [0, 0.1) is 5.92 Å². The fraction of sp³-hybridized carbons (Fsp3) is 0.786. The first-order valence-corrected chi connectivity index (χ1v) is 7.30. The minimum absolute atomic E-state index is 0.00587. The Morgan fingerprint density at radius 2 is 2.14 bits per heavy atom. The van der Waals surface area contributed by atoms with Crippen molar-refractivity contribution in [1.82, 2.24) is 10.2 Å². The molecule has 0 spiro atoms. The molecule has 1 fully saturated rings. The maximum Gasteiger partial charge on any atom is 0.303 e. The van der Waals surface area contributed by atoms with E-state index in [0.717, 1.165) is 12.8 Å². The van der Waals surface area contributed by atoms with E-state index in [4.69, 9.17) is 9.84 Å². The molecule has 120 valence electrons.